The van der Waals surface area contributed by atoms with Crippen LogP contribution in [0.1, 0.15) is 18.2 Å². The van der Waals surface area contributed by atoms with Crippen LogP contribution in [0.25, 0.3) is 0 Å². The Labute approximate surface area is 121 Å². The van der Waals surface area contributed by atoms with E-state index in [9.17, 15) is 22.8 Å². The van der Waals surface area contributed by atoms with Gasteiger partial charge in [-0.15, -0.1) is 11.8 Å². The summed E-state index contributed by atoms with van der Waals surface area (Å²) in [6, 6.07) is 3.20. The van der Waals surface area contributed by atoms with Gasteiger partial charge < -0.3 is 9.97 Å². The minimum atomic E-state index is -3.10. The predicted molar refractivity (Wildman–Crippen MR) is 73.2 cm³/mol. The Hall–Kier alpha value is -1.96. The molecule has 0 atom stereocenters. The number of thioether (sulfide) groups is 1. The van der Waals surface area contributed by atoms with E-state index < -0.39 is 28.4 Å². The number of halogens is 3. The third kappa shape index (κ3) is 3.78. The molecule has 0 aliphatic heterocycles. The fourth-order valence-electron chi connectivity index (χ4n) is 1.58. The van der Waals surface area contributed by atoms with E-state index in [2.05, 4.69) is 9.97 Å². The molecule has 1 heterocycles. The van der Waals surface area contributed by atoms with Gasteiger partial charge in [-0.3, -0.25) is 9.59 Å². The monoisotopic (exact) mass is 316 g/mol. The van der Waals surface area contributed by atoms with Crippen LogP contribution in [-0.2, 0) is 11.7 Å². The van der Waals surface area contributed by atoms with Gasteiger partial charge in [0.05, 0.1) is 0 Å². The van der Waals surface area contributed by atoms with Crippen LogP contribution in [0.5, 0.6) is 0 Å². The van der Waals surface area contributed by atoms with Crippen molar-refractivity contribution in [2.45, 2.75) is 23.5 Å². The summed E-state index contributed by atoms with van der Waals surface area (Å²) in [5.41, 5.74) is -1.57. The molecular weight excluding hydrogens is 305 g/mol. The van der Waals surface area contributed by atoms with Crippen LogP contribution in [0, 0.1) is 5.82 Å². The summed E-state index contributed by atoms with van der Waals surface area (Å²) in [5.74, 6) is -3.68. The number of benzene rings is 1. The Kier molecular flexibility index (Phi) is 4.26. The first-order valence-electron chi connectivity index (χ1n) is 5.89. The third-order valence-corrected chi connectivity index (χ3v) is 3.78. The lowest BCUT2D eigenvalue weighted by atomic mass is 10.1. The van der Waals surface area contributed by atoms with Gasteiger partial charge in [0.25, 0.3) is 5.92 Å². The fraction of sp³-hybridized carbons (Fsp3) is 0.231. The lowest BCUT2D eigenvalue weighted by Crippen LogP contribution is -2.29. The van der Waals surface area contributed by atoms with Crippen LogP contribution in [0.4, 0.5) is 13.2 Å². The molecule has 0 fully saturated rings. The zero-order chi connectivity index (χ0) is 15.6. The number of aromatic nitrogens is 2. The van der Waals surface area contributed by atoms with Gasteiger partial charge in [0, 0.05) is 35.0 Å². The van der Waals surface area contributed by atoms with Crippen molar-refractivity contribution >= 4 is 11.8 Å². The highest BCUT2D eigenvalue weighted by atomic mass is 32.2. The molecule has 112 valence electrons. The molecule has 0 saturated heterocycles. The van der Waals surface area contributed by atoms with E-state index >= 15 is 0 Å². The average molecular weight is 316 g/mol. The number of rotatable bonds is 4. The van der Waals surface area contributed by atoms with Gasteiger partial charge in [-0.1, -0.05) is 6.07 Å². The summed E-state index contributed by atoms with van der Waals surface area (Å²) in [5, 5.41) is 0. The molecule has 0 aliphatic rings. The molecule has 21 heavy (non-hydrogen) atoms. The van der Waals surface area contributed by atoms with Crippen LogP contribution < -0.4 is 11.1 Å². The van der Waals surface area contributed by atoms with Crippen molar-refractivity contribution in [3.8, 4) is 0 Å². The second kappa shape index (κ2) is 5.80. The minimum absolute atomic E-state index is 0.176. The Morgan fingerprint density at radius 3 is 2.52 bits per heavy atom. The molecule has 0 bridgehead atoms. The number of H-pyrrole nitrogens is 2. The summed E-state index contributed by atoms with van der Waals surface area (Å²) in [6.07, 6.45) is 1.31. The zero-order valence-corrected chi connectivity index (χ0v) is 11.7. The van der Waals surface area contributed by atoms with Gasteiger partial charge in [0.1, 0.15) is 5.82 Å². The van der Waals surface area contributed by atoms with Crippen molar-refractivity contribution in [2.24, 2.45) is 0 Å². The topological polar surface area (TPSA) is 65.7 Å². The molecule has 0 spiro atoms. The molecule has 2 N–H and O–H groups in total. The maximum Gasteiger partial charge on any atom is 0.313 e. The van der Waals surface area contributed by atoms with E-state index in [1.54, 1.807) is 0 Å². The number of alkyl halides is 2. The minimum Gasteiger partial charge on any atom is -0.323 e. The predicted octanol–water partition coefficient (Wildman–Crippen LogP) is 2.61. The molecule has 4 nitrogen and oxygen atoms in total. The Morgan fingerprint density at radius 2 is 1.95 bits per heavy atom. The first-order chi connectivity index (χ1) is 9.77. The van der Waals surface area contributed by atoms with Crippen LogP contribution in [0.3, 0.4) is 0 Å². The first kappa shape index (κ1) is 15.4. The third-order valence-electron chi connectivity index (χ3n) is 2.68. The van der Waals surface area contributed by atoms with Gasteiger partial charge in [0.15, 0.2) is 0 Å². The maximum atomic E-state index is 13.7. The zero-order valence-electron chi connectivity index (χ0n) is 10.9. The highest BCUT2D eigenvalue weighted by Crippen LogP contribution is 2.31. The average Bonchev–Trinajstić information content (AvgIpc) is 2.40. The second-order valence-electron chi connectivity index (χ2n) is 4.42. The van der Waals surface area contributed by atoms with Gasteiger partial charge in [-0.2, -0.15) is 0 Å². The van der Waals surface area contributed by atoms with Crippen LogP contribution in [0.2, 0.25) is 0 Å². The lowest BCUT2D eigenvalue weighted by Gasteiger charge is -2.11. The SMILES string of the molecule is CC(F)(F)c1ccc(SCc2c[nH]c(=O)c(=O)[nH]2)c(F)c1. The van der Waals surface area contributed by atoms with Crippen molar-refractivity contribution in [3.05, 3.63) is 62.2 Å². The summed E-state index contributed by atoms with van der Waals surface area (Å²) in [6.45, 7) is 0.694. The Morgan fingerprint density at radius 1 is 1.24 bits per heavy atom. The van der Waals surface area contributed by atoms with Gasteiger partial charge in [-0.05, 0) is 12.1 Å². The van der Waals surface area contributed by atoms with E-state index in [1.807, 2.05) is 0 Å². The lowest BCUT2D eigenvalue weighted by molar-refractivity contribution is 0.0170. The van der Waals surface area contributed by atoms with Crippen LogP contribution in [-0.4, -0.2) is 9.97 Å². The molecular formula is C13H11F3N2O2S. The molecule has 0 saturated carbocycles. The smallest absolute Gasteiger partial charge is 0.313 e. The van der Waals surface area contributed by atoms with Crippen molar-refractivity contribution in [1.29, 1.82) is 0 Å². The van der Waals surface area contributed by atoms with Crippen LogP contribution >= 0.6 is 11.8 Å². The normalized spacial score (nSPS) is 11.6. The Bertz CT molecular complexity index is 765. The molecule has 0 aliphatic carbocycles. The van der Waals surface area contributed by atoms with Crippen molar-refractivity contribution in [1.82, 2.24) is 9.97 Å². The van der Waals surface area contributed by atoms with E-state index in [0.717, 1.165) is 23.9 Å². The highest BCUT2D eigenvalue weighted by molar-refractivity contribution is 7.98. The number of hydrogen-bond acceptors (Lipinski definition) is 3. The molecule has 2 rings (SSSR count). The second-order valence-corrected chi connectivity index (χ2v) is 5.44. The van der Waals surface area contributed by atoms with Crippen molar-refractivity contribution in [3.63, 3.8) is 0 Å². The summed E-state index contributed by atoms with van der Waals surface area (Å²) < 4.78 is 39.8. The summed E-state index contributed by atoms with van der Waals surface area (Å²) >= 11 is 1.02. The van der Waals surface area contributed by atoms with E-state index in [-0.39, 0.29) is 10.6 Å². The maximum absolute atomic E-state index is 13.7. The van der Waals surface area contributed by atoms with Gasteiger partial charge >= 0.3 is 11.1 Å². The number of aromatic amines is 2. The van der Waals surface area contributed by atoms with Crippen molar-refractivity contribution in [2.75, 3.05) is 0 Å². The molecule has 1 aromatic carbocycles. The molecule has 0 radical (unpaired) electrons. The quantitative estimate of drug-likeness (QED) is 0.673. The fourth-order valence-corrected chi connectivity index (χ4v) is 2.41. The van der Waals surface area contributed by atoms with Gasteiger partial charge in [-0.25, -0.2) is 13.2 Å². The number of nitrogens with one attached hydrogen (secondary N) is 2. The number of hydrogen-bond donors (Lipinski definition) is 2. The van der Waals surface area contributed by atoms with E-state index in [4.69, 9.17) is 0 Å². The van der Waals surface area contributed by atoms with Crippen molar-refractivity contribution < 1.29 is 13.2 Å². The molecule has 1 aromatic heterocycles. The summed E-state index contributed by atoms with van der Waals surface area (Å²) in [4.78, 5) is 26.8. The molecule has 2 aromatic rings. The standard InChI is InChI=1S/C13H11F3N2O2S/c1-13(15,16)7-2-3-10(9(14)4-7)21-6-8-5-17-11(19)12(20)18-8/h2-5H,6H2,1H3,(H,17,19)(H,18,20). The molecule has 8 heteroatoms. The highest BCUT2D eigenvalue weighted by Gasteiger charge is 2.25. The van der Waals surface area contributed by atoms with E-state index in [1.165, 1.54) is 12.3 Å². The largest absolute Gasteiger partial charge is 0.323 e. The molecule has 0 unspecified atom stereocenters. The Balaban J connectivity index is 2.15. The molecule has 0 amide bonds. The summed E-state index contributed by atoms with van der Waals surface area (Å²) in [7, 11) is 0. The van der Waals surface area contributed by atoms with Gasteiger partial charge in [0.2, 0.25) is 0 Å². The first-order valence-corrected chi connectivity index (χ1v) is 6.87. The van der Waals surface area contributed by atoms with E-state index in [0.29, 0.717) is 12.6 Å². The van der Waals surface area contributed by atoms with Crippen LogP contribution in [0.15, 0.2) is 38.9 Å².